The summed E-state index contributed by atoms with van der Waals surface area (Å²) in [6.45, 7) is 2.48. The van der Waals surface area contributed by atoms with Crippen LogP contribution in [0.4, 0.5) is 0 Å². The fourth-order valence-electron chi connectivity index (χ4n) is 3.38. The van der Waals surface area contributed by atoms with E-state index in [0.717, 1.165) is 49.4 Å². The highest BCUT2D eigenvalue weighted by molar-refractivity contribution is 5.91. The van der Waals surface area contributed by atoms with Crippen LogP contribution in [-0.2, 0) is 11.2 Å². The van der Waals surface area contributed by atoms with Crippen molar-refractivity contribution in [2.45, 2.75) is 19.3 Å². The van der Waals surface area contributed by atoms with Gasteiger partial charge < -0.3 is 29.2 Å². The monoisotopic (exact) mass is 456 g/mol. The maximum Gasteiger partial charge on any atom is 0.246 e. The van der Waals surface area contributed by atoms with Crippen molar-refractivity contribution in [3.05, 3.63) is 53.6 Å². The summed E-state index contributed by atoms with van der Waals surface area (Å²) in [6, 6.07) is 11.6. The van der Waals surface area contributed by atoms with E-state index < -0.39 is 0 Å². The maximum atomic E-state index is 12.4. The molecule has 1 N–H and O–H groups in total. The molecule has 0 radical (unpaired) electrons. The van der Waals surface area contributed by atoms with Crippen LogP contribution in [0, 0.1) is 0 Å². The Balaban J connectivity index is 1.65. The summed E-state index contributed by atoms with van der Waals surface area (Å²) < 4.78 is 21.2. The first-order valence-corrected chi connectivity index (χ1v) is 11.1. The summed E-state index contributed by atoms with van der Waals surface area (Å²) in [7, 11) is 8.30. The third-order valence-corrected chi connectivity index (χ3v) is 5.32. The molecule has 0 aromatic heterocycles. The quantitative estimate of drug-likeness (QED) is 0.344. The largest absolute Gasteiger partial charge is 0.493 e. The second-order valence-corrected chi connectivity index (χ2v) is 7.60. The van der Waals surface area contributed by atoms with Gasteiger partial charge in [-0.05, 0) is 73.8 Å². The van der Waals surface area contributed by atoms with E-state index in [9.17, 15) is 4.79 Å². The molecule has 33 heavy (non-hydrogen) atoms. The third-order valence-electron chi connectivity index (χ3n) is 5.32. The molecule has 0 aliphatic rings. The van der Waals surface area contributed by atoms with E-state index in [0.29, 0.717) is 18.0 Å². The molecule has 0 saturated carbocycles. The number of likely N-dealkylation sites (N-methyl/N-ethyl adjacent to an activating group) is 1. The maximum absolute atomic E-state index is 12.4. The van der Waals surface area contributed by atoms with Gasteiger partial charge in [-0.25, -0.2) is 0 Å². The molecule has 0 aliphatic carbocycles. The van der Waals surface area contributed by atoms with Gasteiger partial charge >= 0.3 is 0 Å². The van der Waals surface area contributed by atoms with E-state index in [1.807, 2.05) is 37.4 Å². The molecule has 7 heteroatoms. The lowest BCUT2D eigenvalue weighted by molar-refractivity contribution is -0.124. The van der Waals surface area contributed by atoms with Crippen molar-refractivity contribution in [2.75, 3.05) is 55.1 Å². The molecular weight excluding hydrogens is 420 g/mol. The summed E-state index contributed by atoms with van der Waals surface area (Å²) in [5.74, 6) is 2.78. The van der Waals surface area contributed by atoms with E-state index in [2.05, 4.69) is 11.4 Å². The Bertz CT molecular complexity index is 914. The molecule has 2 aromatic carbocycles. The SMILES string of the molecule is COc1ccc(/C=C/C(=O)N(C)CCCNCCCc2ccc(OC)c(OC)c2)cc1OC. The normalized spacial score (nSPS) is 10.8. The van der Waals surface area contributed by atoms with Crippen LogP contribution in [0.3, 0.4) is 0 Å². The summed E-state index contributed by atoms with van der Waals surface area (Å²) in [5.41, 5.74) is 2.10. The molecule has 0 fully saturated rings. The number of carbonyl (C=O) groups is 1. The topological polar surface area (TPSA) is 69.3 Å². The minimum absolute atomic E-state index is 0.0294. The number of hydrogen-bond acceptors (Lipinski definition) is 6. The Morgan fingerprint density at radius 3 is 2.12 bits per heavy atom. The molecule has 7 nitrogen and oxygen atoms in total. The van der Waals surface area contributed by atoms with E-state index in [4.69, 9.17) is 18.9 Å². The average molecular weight is 457 g/mol. The standard InChI is InChI=1S/C26H36N2O5/c1-28(26(29)14-11-21-10-13-23(31-3)25(19-21)33-5)17-7-16-27-15-6-8-20-9-12-22(30-2)24(18-20)32-4/h9-14,18-19,27H,6-8,15-17H2,1-5H3/b14-11+. The highest BCUT2D eigenvalue weighted by Crippen LogP contribution is 2.28. The van der Waals surface area contributed by atoms with Crippen molar-refractivity contribution in [1.82, 2.24) is 10.2 Å². The third kappa shape index (κ3) is 8.35. The zero-order chi connectivity index (χ0) is 24.1. The van der Waals surface area contributed by atoms with Gasteiger partial charge in [0.25, 0.3) is 0 Å². The lowest BCUT2D eigenvalue weighted by Crippen LogP contribution is -2.28. The fraction of sp³-hybridized carbons (Fsp3) is 0.423. The van der Waals surface area contributed by atoms with Crippen LogP contribution in [0.2, 0.25) is 0 Å². The minimum atomic E-state index is -0.0294. The van der Waals surface area contributed by atoms with Crippen molar-refractivity contribution in [3.8, 4) is 23.0 Å². The van der Waals surface area contributed by atoms with Gasteiger partial charge in [0.15, 0.2) is 23.0 Å². The number of nitrogens with one attached hydrogen (secondary N) is 1. The first-order chi connectivity index (χ1) is 16.0. The second-order valence-electron chi connectivity index (χ2n) is 7.60. The average Bonchev–Trinajstić information content (AvgIpc) is 2.85. The van der Waals surface area contributed by atoms with Gasteiger partial charge in [0, 0.05) is 19.7 Å². The Kier molecular flexibility index (Phi) is 11.1. The highest BCUT2D eigenvalue weighted by Gasteiger charge is 2.07. The van der Waals surface area contributed by atoms with Gasteiger partial charge in [0.05, 0.1) is 28.4 Å². The van der Waals surface area contributed by atoms with Crippen molar-refractivity contribution in [3.63, 3.8) is 0 Å². The van der Waals surface area contributed by atoms with Crippen LogP contribution in [0.5, 0.6) is 23.0 Å². The number of hydrogen-bond donors (Lipinski definition) is 1. The zero-order valence-electron chi connectivity index (χ0n) is 20.3. The lowest BCUT2D eigenvalue weighted by Gasteiger charge is -2.15. The minimum Gasteiger partial charge on any atom is -0.493 e. The van der Waals surface area contributed by atoms with Gasteiger partial charge in [0.2, 0.25) is 5.91 Å². The molecular formula is C26H36N2O5. The van der Waals surface area contributed by atoms with Crippen LogP contribution < -0.4 is 24.3 Å². The molecule has 2 rings (SSSR count). The van der Waals surface area contributed by atoms with Crippen LogP contribution in [-0.4, -0.2) is 65.9 Å². The van der Waals surface area contributed by atoms with Crippen LogP contribution in [0.25, 0.3) is 6.08 Å². The first-order valence-electron chi connectivity index (χ1n) is 11.1. The molecule has 0 spiro atoms. The van der Waals surface area contributed by atoms with Crippen molar-refractivity contribution >= 4 is 12.0 Å². The Morgan fingerprint density at radius 2 is 1.45 bits per heavy atom. The van der Waals surface area contributed by atoms with Gasteiger partial charge in [-0.1, -0.05) is 12.1 Å². The number of nitrogens with zero attached hydrogens (tertiary/aromatic N) is 1. The summed E-state index contributed by atoms with van der Waals surface area (Å²) in [4.78, 5) is 14.1. The highest BCUT2D eigenvalue weighted by atomic mass is 16.5. The predicted octanol–water partition coefficient (Wildman–Crippen LogP) is 3.81. The van der Waals surface area contributed by atoms with Crippen LogP contribution in [0.15, 0.2) is 42.5 Å². The van der Waals surface area contributed by atoms with E-state index in [-0.39, 0.29) is 5.91 Å². The number of rotatable bonds is 14. The van der Waals surface area contributed by atoms with E-state index in [1.54, 1.807) is 45.5 Å². The second kappa shape index (κ2) is 14.1. The molecule has 0 heterocycles. The van der Waals surface area contributed by atoms with Crippen molar-refractivity contribution in [2.24, 2.45) is 0 Å². The number of amides is 1. The molecule has 0 saturated heterocycles. The van der Waals surface area contributed by atoms with Crippen LogP contribution >= 0.6 is 0 Å². The molecule has 180 valence electrons. The molecule has 0 unspecified atom stereocenters. The number of methoxy groups -OCH3 is 4. The zero-order valence-corrected chi connectivity index (χ0v) is 20.3. The predicted molar refractivity (Wildman–Crippen MR) is 132 cm³/mol. The Morgan fingerprint density at radius 1 is 0.848 bits per heavy atom. The van der Waals surface area contributed by atoms with Gasteiger partial charge in [-0.3, -0.25) is 4.79 Å². The Labute approximate surface area is 197 Å². The summed E-state index contributed by atoms with van der Waals surface area (Å²) >= 11 is 0. The van der Waals surface area contributed by atoms with Crippen LogP contribution in [0.1, 0.15) is 24.0 Å². The molecule has 2 aromatic rings. The summed E-state index contributed by atoms with van der Waals surface area (Å²) in [5, 5.41) is 3.44. The molecule has 0 bridgehead atoms. The lowest BCUT2D eigenvalue weighted by atomic mass is 10.1. The number of carbonyl (C=O) groups excluding carboxylic acids is 1. The number of ether oxygens (including phenoxy) is 4. The molecule has 0 atom stereocenters. The number of benzene rings is 2. The Hall–Kier alpha value is -3.19. The van der Waals surface area contributed by atoms with Crippen molar-refractivity contribution < 1.29 is 23.7 Å². The van der Waals surface area contributed by atoms with Gasteiger partial charge in [0.1, 0.15) is 0 Å². The van der Waals surface area contributed by atoms with Gasteiger partial charge in [-0.15, -0.1) is 0 Å². The number of aryl methyl sites for hydroxylation is 1. The van der Waals surface area contributed by atoms with E-state index >= 15 is 0 Å². The first kappa shape index (κ1) is 26.1. The molecule has 0 aliphatic heterocycles. The van der Waals surface area contributed by atoms with Crippen molar-refractivity contribution in [1.29, 1.82) is 0 Å². The summed E-state index contributed by atoms with van der Waals surface area (Å²) in [6.07, 6.45) is 6.25. The molecule has 1 amide bonds. The van der Waals surface area contributed by atoms with Gasteiger partial charge in [-0.2, -0.15) is 0 Å². The fourth-order valence-corrected chi connectivity index (χ4v) is 3.38. The smallest absolute Gasteiger partial charge is 0.246 e. The van der Waals surface area contributed by atoms with E-state index in [1.165, 1.54) is 5.56 Å².